The van der Waals surface area contributed by atoms with E-state index in [4.69, 9.17) is 12.2 Å². The Morgan fingerprint density at radius 2 is 1.96 bits per heavy atom. The van der Waals surface area contributed by atoms with Crippen molar-refractivity contribution in [3.63, 3.8) is 0 Å². The van der Waals surface area contributed by atoms with Crippen LogP contribution in [-0.2, 0) is 29.5 Å². The molecule has 4 rings (SSSR count). The van der Waals surface area contributed by atoms with Gasteiger partial charge in [0.05, 0.1) is 4.90 Å². The van der Waals surface area contributed by atoms with Gasteiger partial charge in [-0.2, -0.15) is 0 Å². The molecule has 0 saturated heterocycles. The molecule has 0 fully saturated rings. The Labute approximate surface area is 157 Å². The van der Waals surface area contributed by atoms with Crippen LogP contribution in [0.5, 0.6) is 0 Å². The van der Waals surface area contributed by atoms with E-state index in [1.165, 1.54) is 3.97 Å². The SMILES string of the molecule is O=S(=O)(c1ccccc1)n1cccc1CN1CCc2[nH]c(=S)ncc2C1. The lowest BCUT2D eigenvalue weighted by Crippen LogP contribution is -2.32. The number of hydrogen-bond donors (Lipinski definition) is 1. The first-order valence-electron chi connectivity index (χ1n) is 8.30. The third kappa shape index (κ3) is 3.23. The molecule has 0 amide bonds. The van der Waals surface area contributed by atoms with Crippen LogP contribution in [-0.4, -0.2) is 33.8 Å². The van der Waals surface area contributed by atoms with Crippen LogP contribution in [0.25, 0.3) is 0 Å². The number of nitrogens with zero attached hydrogens (tertiary/aromatic N) is 3. The third-order valence-electron chi connectivity index (χ3n) is 4.53. The Morgan fingerprint density at radius 3 is 2.77 bits per heavy atom. The molecule has 8 heteroatoms. The van der Waals surface area contributed by atoms with Gasteiger partial charge in [-0.1, -0.05) is 18.2 Å². The molecule has 0 unspecified atom stereocenters. The summed E-state index contributed by atoms with van der Waals surface area (Å²) >= 11 is 5.07. The Morgan fingerprint density at radius 1 is 1.15 bits per heavy atom. The number of aromatic nitrogens is 3. The van der Waals surface area contributed by atoms with Crippen molar-refractivity contribution >= 4 is 22.2 Å². The van der Waals surface area contributed by atoms with Gasteiger partial charge in [-0.3, -0.25) is 4.90 Å². The van der Waals surface area contributed by atoms with Crippen molar-refractivity contribution in [1.29, 1.82) is 0 Å². The van der Waals surface area contributed by atoms with Gasteiger partial charge in [-0.15, -0.1) is 0 Å². The lowest BCUT2D eigenvalue weighted by Gasteiger charge is -2.28. The van der Waals surface area contributed by atoms with Crippen molar-refractivity contribution in [3.05, 3.63) is 76.6 Å². The average Bonchev–Trinajstić information content (AvgIpc) is 3.11. The van der Waals surface area contributed by atoms with Crippen molar-refractivity contribution in [2.24, 2.45) is 0 Å². The van der Waals surface area contributed by atoms with E-state index in [0.717, 1.165) is 29.9 Å². The van der Waals surface area contributed by atoms with Crippen molar-refractivity contribution < 1.29 is 8.42 Å². The molecule has 0 spiro atoms. The highest BCUT2D eigenvalue weighted by molar-refractivity contribution is 7.90. The van der Waals surface area contributed by atoms with E-state index in [9.17, 15) is 8.42 Å². The monoisotopic (exact) mass is 386 g/mol. The fourth-order valence-corrected chi connectivity index (χ4v) is 4.80. The van der Waals surface area contributed by atoms with Crippen molar-refractivity contribution in [1.82, 2.24) is 18.8 Å². The Bertz CT molecular complexity index is 1090. The van der Waals surface area contributed by atoms with E-state index < -0.39 is 10.0 Å². The first-order valence-corrected chi connectivity index (χ1v) is 10.2. The Kier molecular flexibility index (Phi) is 4.47. The smallest absolute Gasteiger partial charge is 0.267 e. The predicted octanol–water partition coefficient (Wildman–Crippen LogP) is 2.74. The molecule has 3 heterocycles. The summed E-state index contributed by atoms with van der Waals surface area (Å²) in [6, 6.07) is 12.1. The number of aromatic amines is 1. The van der Waals surface area contributed by atoms with E-state index in [1.807, 2.05) is 6.07 Å². The van der Waals surface area contributed by atoms with Crippen LogP contribution in [0.1, 0.15) is 17.0 Å². The van der Waals surface area contributed by atoms with E-state index in [-0.39, 0.29) is 0 Å². The van der Waals surface area contributed by atoms with E-state index in [2.05, 4.69) is 14.9 Å². The molecule has 6 nitrogen and oxygen atoms in total. The zero-order valence-electron chi connectivity index (χ0n) is 14.0. The van der Waals surface area contributed by atoms with Crippen LogP contribution in [0.4, 0.5) is 0 Å². The largest absolute Gasteiger partial charge is 0.334 e. The summed E-state index contributed by atoms with van der Waals surface area (Å²) in [5.41, 5.74) is 2.97. The summed E-state index contributed by atoms with van der Waals surface area (Å²) in [7, 11) is -3.59. The third-order valence-corrected chi connectivity index (χ3v) is 6.48. The minimum atomic E-state index is -3.59. The molecule has 26 heavy (non-hydrogen) atoms. The highest BCUT2D eigenvalue weighted by Gasteiger charge is 2.22. The van der Waals surface area contributed by atoms with Gasteiger partial charge in [-0.25, -0.2) is 17.4 Å². The van der Waals surface area contributed by atoms with Gasteiger partial charge in [0.2, 0.25) is 0 Å². The fourth-order valence-electron chi connectivity index (χ4n) is 3.23. The molecule has 1 aliphatic rings. The molecular formula is C18H18N4O2S2. The molecule has 1 N–H and O–H groups in total. The predicted molar refractivity (Wildman–Crippen MR) is 101 cm³/mol. The van der Waals surface area contributed by atoms with Gasteiger partial charge >= 0.3 is 0 Å². The van der Waals surface area contributed by atoms with Crippen molar-refractivity contribution in [3.8, 4) is 0 Å². The second-order valence-corrected chi connectivity index (χ2v) is 8.47. The second-order valence-electron chi connectivity index (χ2n) is 6.27. The zero-order valence-corrected chi connectivity index (χ0v) is 15.6. The molecule has 3 aromatic rings. The normalized spacial score (nSPS) is 14.9. The van der Waals surface area contributed by atoms with Crippen LogP contribution in [0.2, 0.25) is 0 Å². The number of H-pyrrole nitrogens is 1. The molecule has 1 aliphatic heterocycles. The molecule has 0 aliphatic carbocycles. The Hall–Kier alpha value is -2.29. The van der Waals surface area contributed by atoms with Crippen molar-refractivity contribution in [2.45, 2.75) is 24.4 Å². The summed E-state index contributed by atoms with van der Waals surface area (Å²) < 4.78 is 27.7. The standard InChI is InChI=1S/C18H18N4O2S2/c23-26(24,16-6-2-1-3-7-16)22-9-4-5-15(22)13-21-10-8-17-14(12-21)11-19-18(25)20-17/h1-7,9,11H,8,10,12-13H2,(H,19,20,25). The summed E-state index contributed by atoms with van der Waals surface area (Å²) in [4.78, 5) is 9.80. The molecule has 1 aromatic carbocycles. The Balaban J connectivity index is 1.59. The van der Waals surface area contributed by atoms with E-state index in [0.29, 0.717) is 22.8 Å². The summed E-state index contributed by atoms with van der Waals surface area (Å²) in [6.07, 6.45) is 4.25. The summed E-state index contributed by atoms with van der Waals surface area (Å²) in [5, 5.41) is 0. The zero-order chi connectivity index (χ0) is 18.1. The maximum Gasteiger partial charge on any atom is 0.267 e. The molecular weight excluding hydrogens is 368 g/mol. The first-order chi connectivity index (χ1) is 12.5. The van der Waals surface area contributed by atoms with Crippen LogP contribution in [0.15, 0.2) is 59.8 Å². The van der Waals surface area contributed by atoms with Crippen LogP contribution < -0.4 is 0 Å². The first kappa shape index (κ1) is 17.1. The summed E-state index contributed by atoms with van der Waals surface area (Å²) in [5.74, 6) is 0. The van der Waals surface area contributed by atoms with Gasteiger partial charge < -0.3 is 4.98 Å². The maximum atomic E-state index is 12.9. The maximum absolute atomic E-state index is 12.9. The number of hydrogen-bond acceptors (Lipinski definition) is 5. The lowest BCUT2D eigenvalue weighted by atomic mass is 10.1. The van der Waals surface area contributed by atoms with Crippen LogP contribution >= 0.6 is 12.2 Å². The van der Waals surface area contributed by atoms with Gasteiger partial charge in [0.25, 0.3) is 10.0 Å². The van der Waals surface area contributed by atoms with Gasteiger partial charge in [0, 0.05) is 55.4 Å². The van der Waals surface area contributed by atoms with E-state index >= 15 is 0 Å². The molecule has 134 valence electrons. The molecule has 0 radical (unpaired) electrons. The van der Waals surface area contributed by atoms with Crippen LogP contribution in [0, 0.1) is 4.77 Å². The van der Waals surface area contributed by atoms with Crippen LogP contribution in [0.3, 0.4) is 0 Å². The lowest BCUT2D eigenvalue weighted by molar-refractivity contribution is 0.239. The average molecular weight is 387 g/mol. The highest BCUT2D eigenvalue weighted by atomic mass is 32.2. The number of rotatable bonds is 4. The minimum absolute atomic E-state index is 0.290. The topological polar surface area (TPSA) is 71.0 Å². The molecule has 0 atom stereocenters. The molecule has 0 bridgehead atoms. The fraction of sp³-hybridized carbons (Fsp3) is 0.222. The number of fused-ring (bicyclic) bond motifs is 1. The van der Waals surface area contributed by atoms with Gasteiger partial charge in [0.1, 0.15) is 0 Å². The van der Waals surface area contributed by atoms with Gasteiger partial charge in [-0.05, 0) is 36.5 Å². The van der Waals surface area contributed by atoms with Crippen molar-refractivity contribution in [2.75, 3.05) is 6.54 Å². The van der Waals surface area contributed by atoms with E-state index in [1.54, 1.807) is 48.8 Å². The quantitative estimate of drug-likeness (QED) is 0.698. The second kappa shape index (κ2) is 6.79. The molecule has 0 saturated carbocycles. The summed E-state index contributed by atoms with van der Waals surface area (Å²) in [6.45, 7) is 2.10. The molecule has 2 aromatic heterocycles. The minimum Gasteiger partial charge on any atom is -0.334 e. The number of nitrogens with one attached hydrogen (secondary N) is 1. The number of benzene rings is 1. The van der Waals surface area contributed by atoms with Gasteiger partial charge in [0.15, 0.2) is 4.77 Å². The highest BCUT2D eigenvalue weighted by Crippen LogP contribution is 2.21.